The van der Waals surface area contributed by atoms with Crippen LogP contribution in [-0.2, 0) is 19.2 Å². The highest BCUT2D eigenvalue weighted by Crippen LogP contribution is 2.43. The summed E-state index contributed by atoms with van der Waals surface area (Å²) < 4.78 is 0. The molecule has 4 rings (SSSR count). The number of ketones is 2. The van der Waals surface area contributed by atoms with Crippen LogP contribution in [0.1, 0.15) is 5.56 Å². The molecule has 4 aromatic carbocycles. The molecule has 0 aliphatic carbocycles. The van der Waals surface area contributed by atoms with Gasteiger partial charge in [0.05, 0.1) is 0 Å². The van der Waals surface area contributed by atoms with Crippen molar-refractivity contribution in [2.45, 2.75) is 0 Å². The zero-order valence-corrected chi connectivity index (χ0v) is 21.6. The lowest BCUT2D eigenvalue weighted by Crippen LogP contribution is -2.47. The molecule has 0 saturated carbocycles. The van der Waals surface area contributed by atoms with Crippen LogP contribution in [-0.4, -0.2) is 34.3 Å². The van der Waals surface area contributed by atoms with Gasteiger partial charge in [-0.15, -0.1) is 0 Å². The van der Waals surface area contributed by atoms with Crippen molar-refractivity contribution in [3.63, 3.8) is 0 Å². The Morgan fingerprint density at radius 3 is 1.31 bits per heavy atom. The molecule has 0 aliphatic heterocycles. The van der Waals surface area contributed by atoms with E-state index in [0.717, 1.165) is 22.0 Å². The minimum absolute atomic E-state index is 0.343. The number of benzene rings is 4. The standard InChI is InChI=1S/C31H25N2O5P/c34-27(23-13-5-1-6-14-23)21-28(35)30(37)32-33-31(38)29(36)22-39(24-15-7-2-8-16-24,25-17-9-3-10-18-25)26-19-11-4-12-20-26/h1-22,34H,(H,32,37)(H,33,38)/b27-21+. The van der Waals surface area contributed by atoms with E-state index in [1.54, 1.807) is 30.3 Å². The highest BCUT2D eigenvalue weighted by Gasteiger charge is 2.28. The third-order valence-electron chi connectivity index (χ3n) is 5.88. The van der Waals surface area contributed by atoms with E-state index in [2.05, 4.69) is 0 Å². The highest BCUT2D eigenvalue weighted by atomic mass is 31.2. The summed E-state index contributed by atoms with van der Waals surface area (Å²) in [7, 11) is 0. The molecule has 0 bridgehead atoms. The van der Waals surface area contributed by atoms with Gasteiger partial charge in [0.25, 0.3) is 0 Å². The fourth-order valence-corrected chi connectivity index (χ4v) is 7.75. The van der Waals surface area contributed by atoms with Gasteiger partial charge in [-0.2, -0.15) is 0 Å². The first-order valence-electron chi connectivity index (χ1n) is 12.0. The minimum atomic E-state index is -2.74. The van der Waals surface area contributed by atoms with E-state index in [-0.39, 0.29) is 0 Å². The summed E-state index contributed by atoms with van der Waals surface area (Å²) in [6.07, 6.45) is 0.738. The van der Waals surface area contributed by atoms with Crippen molar-refractivity contribution in [3.05, 3.63) is 133 Å². The molecule has 0 saturated heterocycles. The van der Waals surface area contributed by atoms with Crippen molar-refractivity contribution in [2.75, 3.05) is 0 Å². The molecular formula is C31H25N2O5P. The van der Waals surface area contributed by atoms with Gasteiger partial charge in [-0.3, -0.25) is 30.0 Å². The Bertz CT molecular complexity index is 1470. The normalized spacial score (nSPS) is 11.2. The van der Waals surface area contributed by atoms with Gasteiger partial charge in [-0.05, 0) is 22.8 Å². The maximum absolute atomic E-state index is 13.3. The Morgan fingerprint density at radius 2 is 0.897 bits per heavy atom. The van der Waals surface area contributed by atoms with Crippen LogP contribution >= 0.6 is 6.89 Å². The molecule has 0 fully saturated rings. The fraction of sp³-hybridized carbons (Fsp3) is 0. The van der Waals surface area contributed by atoms with Crippen LogP contribution in [0.25, 0.3) is 5.76 Å². The smallest absolute Gasteiger partial charge is 0.310 e. The zero-order valence-electron chi connectivity index (χ0n) is 20.7. The predicted octanol–water partition coefficient (Wildman–Crippen LogP) is 2.67. The van der Waals surface area contributed by atoms with Crippen molar-refractivity contribution in [1.82, 2.24) is 10.9 Å². The average Bonchev–Trinajstić information content (AvgIpc) is 3.00. The SMILES string of the molecule is O=C(C=P(c1ccccc1)(c1ccccc1)c1ccccc1)C(=O)NNC(=O)C(=O)/C=C(/O)c1ccccc1. The largest absolute Gasteiger partial charge is 0.507 e. The van der Waals surface area contributed by atoms with Gasteiger partial charge in [0, 0.05) is 17.4 Å². The van der Waals surface area contributed by atoms with Crippen molar-refractivity contribution in [3.8, 4) is 0 Å². The van der Waals surface area contributed by atoms with E-state index < -0.39 is 36.0 Å². The molecule has 0 radical (unpaired) electrons. The first kappa shape index (κ1) is 27.0. The number of aliphatic hydroxyl groups excluding tert-OH is 1. The molecule has 39 heavy (non-hydrogen) atoms. The number of hydrazine groups is 1. The summed E-state index contributed by atoms with van der Waals surface area (Å²) in [5, 5.41) is 12.7. The molecule has 3 N–H and O–H groups in total. The molecule has 7 nitrogen and oxygen atoms in total. The molecule has 0 spiro atoms. The molecule has 0 unspecified atom stereocenters. The third-order valence-corrected chi connectivity index (χ3v) is 9.84. The Labute approximate surface area is 225 Å². The van der Waals surface area contributed by atoms with Gasteiger partial charge in [-0.25, -0.2) is 0 Å². The lowest BCUT2D eigenvalue weighted by Gasteiger charge is -2.28. The monoisotopic (exact) mass is 536 g/mol. The van der Waals surface area contributed by atoms with Gasteiger partial charge >= 0.3 is 11.8 Å². The molecule has 0 atom stereocenters. The fourth-order valence-electron chi connectivity index (χ4n) is 4.01. The van der Waals surface area contributed by atoms with Gasteiger partial charge in [-0.1, -0.05) is 121 Å². The van der Waals surface area contributed by atoms with Crippen molar-refractivity contribution in [1.29, 1.82) is 0 Å². The minimum Gasteiger partial charge on any atom is -0.507 e. The van der Waals surface area contributed by atoms with E-state index in [1.807, 2.05) is 102 Å². The summed E-state index contributed by atoms with van der Waals surface area (Å²) >= 11 is 0. The second-order valence-electron chi connectivity index (χ2n) is 8.39. The van der Waals surface area contributed by atoms with Crippen molar-refractivity contribution < 1.29 is 24.3 Å². The number of hydrogen-bond acceptors (Lipinski definition) is 5. The Morgan fingerprint density at radius 1 is 0.538 bits per heavy atom. The lowest BCUT2D eigenvalue weighted by atomic mass is 10.1. The Hall–Kier alpha value is -5.00. The number of aliphatic hydroxyl groups is 1. The van der Waals surface area contributed by atoms with Crippen LogP contribution in [0.2, 0.25) is 0 Å². The van der Waals surface area contributed by atoms with Crippen LogP contribution < -0.4 is 26.8 Å². The second-order valence-corrected chi connectivity index (χ2v) is 11.6. The van der Waals surface area contributed by atoms with Gasteiger partial charge in [0.2, 0.25) is 11.6 Å². The van der Waals surface area contributed by atoms with Crippen molar-refractivity contribution in [2.24, 2.45) is 0 Å². The van der Waals surface area contributed by atoms with E-state index in [1.165, 1.54) is 5.80 Å². The summed E-state index contributed by atoms with van der Waals surface area (Å²) in [5.41, 5.74) is 4.32. The number of nitrogens with one attached hydrogen (secondary N) is 2. The van der Waals surface area contributed by atoms with Crippen LogP contribution in [0, 0.1) is 0 Å². The van der Waals surface area contributed by atoms with E-state index in [0.29, 0.717) is 5.56 Å². The Kier molecular flexibility index (Phi) is 8.67. The molecule has 194 valence electrons. The van der Waals surface area contributed by atoms with E-state index in [4.69, 9.17) is 0 Å². The topological polar surface area (TPSA) is 113 Å². The number of rotatable bonds is 8. The summed E-state index contributed by atoms with van der Waals surface area (Å²) in [4.78, 5) is 50.6. The second kappa shape index (κ2) is 12.5. The Balaban J connectivity index is 1.63. The average molecular weight is 537 g/mol. The number of hydrogen-bond donors (Lipinski definition) is 3. The highest BCUT2D eigenvalue weighted by molar-refractivity contribution is 7.95. The van der Waals surface area contributed by atoms with Crippen LogP contribution in [0.4, 0.5) is 0 Å². The maximum atomic E-state index is 13.3. The van der Waals surface area contributed by atoms with E-state index >= 15 is 0 Å². The quantitative estimate of drug-likeness (QED) is 0.105. The third kappa shape index (κ3) is 6.29. The van der Waals surface area contributed by atoms with Crippen LogP contribution in [0.3, 0.4) is 0 Å². The number of carbonyl (C=O) groups excluding carboxylic acids is 4. The zero-order chi connectivity index (χ0) is 27.7. The number of carbonyl (C=O) groups is 4. The first-order chi connectivity index (χ1) is 18.9. The lowest BCUT2D eigenvalue weighted by molar-refractivity contribution is -0.139. The predicted molar refractivity (Wildman–Crippen MR) is 155 cm³/mol. The molecular weight excluding hydrogens is 511 g/mol. The van der Waals surface area contributed by atoms with Crippen molar-refractivity contribution >= 4 is 57.7 Å². The number of Topliss-reactive ketones (excluding diaryl/α,β-unsaturated/α-hetero) is 1. The molecule has 2 amide bonds. The maximum Gasteiger partial charge on any atom is 0.310 e. The summed E-state index contributed by atoms with van der Waals surface area (Å²) in [6, 6.07) is 36.6. The summed E-state index contributed by atoms with van der Waals surface area (Å²) in [6.45, 7) is -2.74. The van der Waals surface area contributed by atoms with Gasteiger partial charge in [0.1, 0.15) is 5.76 Å². The first-order valence-corrected chi connectivity index (χ1v) is 13.8. The molecule has 0 aliphatic rings. The van der Waals surface area contributed by atoms with Crippen LogP contribution in [0.5, 0.6) is 0 Å². The molecule has 4 aromatic rings. The van der Waals surface area contributed by atoms with Gasteiger partial charge < -0.3 is 5.11 Å². The van der Waals surface area contributed by atoms with Gasteiger partial charge in [0.15, 0.2) is 0 Å². The molecule has 0 aromatic heterocycles. The molecule has 0 heterocycles. The molecule has 8 heteroatoms. The summed E-state index contributed by atoms with van der Waals surface area (Å²) in [5.74, 6) is -3.30. The van der Waals surface area contributed by atoms with E-state index in [9.17, 15) is 24.3 Å². The number of amides is 2. The van der Waals surface area contributed by atoms with Crippen LogP contribution in [0.15, 0.2) is 127 Å².